The van der Waals surface area contributed by atoms with Gasteiger partial charge in [-0.25, -0.2) is 0 Å². The van der Waals surface area contributed by atoms with Crippen molar-refractivity contribution in [3.8, 4) is 0 Å². The third-order valence-corrected chi connectivity index (χ3v) is 6.76. The maximum Gasteiger partial charge on any atom is 0.255 e. The summed E-state index contributed by atoms with van der Waals surface area (Å²) in [6, 6.07) is 7.28. The zero-order chi connectivity index (χ0) is 19.4. The number of hydrogen-bond acceptors (Lipinski definition) is 4. The van der Waals surface area contributed by atoms with E-state index in [1.54, 1.807) is 36.4 Å². The highest BCUT2D eigenvalue weighted by Gasteiger charge is 2.26. The molecule has 2 heterocycles. The predicted molar refractivity (Wildman–Crippen MR) is 110 cm³/mol. The summed E-state index contributed by atoms with van der Waals surface area (Å²) >= 11 is 13.9. The van der Waals surface area contributed by atoms with Gasteiger partial charge in [-0.05, 0) is 43.5 Å². The molecule has 0 N–H and O–H groups in total. The lowest BCUT2D eigenvalue weighted by atomic mass is 9.93. The molecule has 4 nitrogen and oxygen atoms in total. The molecule has 1 aromatic heterocycles. The summed E-state index contributed by atoms with van der Waals surface area (Å²) in [4.78, 5) is 31.1. The molecule has 1 aliphatic rings. The van der Waals surface area contributed by atoms with Gasteiger partial charge in [0.2, 0.25) is 0 Å². The molecule has 1 amide bonds. The quantitative estimate of drug-likeness (QED) is 0.627. The normalized spacial score (nSPS) is 15.0. The number of halogens is 2. The van der Waals surface area contributed by atoms with Crippen LogP contribution in [0.4, 0.5) is 0 Å². The number of carbonyl (C=O) groups is 2. The molecule has 1 aromatic carbocycles. The molecule has 0 bridgehead atoms. The van der Waals surface area contributed by atoms with Gasteiger partial charge in [-0.1, -0.05) is 29.3 Å². The highest BCUT2D eigenvalue weighted by molar-refractivity contribution is 7.98. The number of likely N-dealkylation sites (tertiary alicyclic amines) is 1. The van der Waals surface area contributed by atoms with Crippen molar-refractivity contribution in [3.63, 3.8) is 0 Å². The lowest BCUT2D eigenvalue weighted by Gasteiger charge is -2.30. The summed E-state index contributed by atoms with van der Waals surface area (Å²) in [6.45, 7) is 2.84. The van der Waals surface area contributed by atoms with Gasteiger partial charge in [0.1, 0.15) is 5.78 Å². The number of benzene rings is 1. The molecule has 7 heteroatoms. The topological polar surface area (TPSA) is 50.3 Å². The summed E-state index contributed by atoms with van der Waals surface area (Å²) in [7, 11) is 0. The number of aromatic nitrogens is 1. The first kappa shape index (κ1) is 20.2. The fourth-order valence-electron chi connectivity index (χ4n) is 3.13. The zero-order valence-corrected chi connectivity index (χ0v) is 17.3. The van der Waals surface area contributed by atoms with Crippen molar-refractivity contribution in [1.82, 2.24) is 9.88 Å². The van der Waals surface area contributed by atoms with Gasteiger partial charge >= 0.3 is 0 Å². The van der Waals surface area contributed by atoms with E-state index in [-0.39, 0.29) is 17.6 Å². The van der Waals surface area contributed by atoms with Crippen molar-refractivity contribution >= 4 is 46.7 Å². The summed E-state index contributed by atoms with van der Waals surface area (Å²) in [5, 5.41) is 1.22. The van der Waals surface area contributed by atoms with Crippen LogP contribution in [-0.2, 0) is 10.5 Å². The number of Topliss-reactive ketones (excluding diaryl/α,β-unsaturated/α-hetero) is 1. The van der Waals surface area contributed by atoms with Gasteiger partial charge in [0.15, 0.2) is 0 Å². The molecular weight excluding hydrogens is 403 g/mol. The maximum atomic E-state index is 12.8. The molecule has 0 unspecified atom stereocenters. The SMILES string of the molecule is CC(=O)C1CCN(C(=O)c2cncc(CSc3c(Cl)cccc3Cl)c2)CC1. The van der Waals surface area contributed by atoms with Crippen molar-refractivity contribution in [2.24, 2.45) is 5.92 Å². The van der Waals surface area contributed by atoms with E-state index in [4.69, 9.17) is 23.2 Å². The minimum absolute atomic E-state index is 0.0351. The Morgan fingerprint density at radius 1 is 1.19 bits per heavy atom. The number of piperidine rings is 1. The van der Waals surface area contributed by atoms with Crippen LogP contribution < -0.4 is 0 Å². The van der Waals surface area contributed by atoms with E-state index >= 15 is 0 Å². The zero-order valence-electron chi connectivity index (χ0n) is 15.0. The van der Waals surface area contributed by atoms with Crippen LogP contribution in [0.5, 0.6) is 0 Å². The number of thioether (sulfide) groups is 1. The van der Waals surface area contributed by atoms with E-state index in [2.05, 4.69) is 4.98 Å². The molecule has 1 aliphatic heterocycles. The third-order valence-electron chi connectivity index (χ3n) is 4.70. The molecule has 0 aliphatic carbocycles. The Hall–Kier alpha value is -1.56. The fraction of sp³-hybridized carbons (Fsp3) is 0.350. The molecule has 142 valence electrons. The lowest BCUT2D eigenvalue weighted by Crippen LogP contribution is -2.40. The third kappa shape index (κ3) is 5.03. The molecule has 0 spiro atoms. The van der Waals surface area contributed by atoms with Gasteiger partial charge in [-0.3, -0.25) is 14.6 Å². The van der Waals surface area contributed by atoms with Gasteiger partial charge in [0.25, 0.3) is 5.91 Å². The molecule has 27 heavy (non-hydrogen) atoms. The van der Waals surface area contributed by atoms with E-state index in [9.17, 15) is 9.59 Å². The molecule has 2 aromatic rings. The maximum absolute atomic E-state index is 12.8. The fourth-order valence-corrected chi connectivity index (χ4v) is 4.74. The van der Waals surface area contributed by atoms with E-state index in [1.165, 1.54) is 11.8 Å². The van der Waals surface area contributed by atoms with Crippen molar-refractivity contribution in [1.29, 1.82) is 0 Å². The number of pyridine rings is 1. The highest BCUT2D eigenvalue weighted by atomic mass is 35.5. The smallest absolute Gasteiger partial charge is 0.255 e. The number of rotatable bonds is 5. The monoisotopic (exact) mass is 422 g/mol. The number of nitrogens with zero attached hydrogens (tertiary/aromatic N) is 2. The first-order valence-corrected chi connectivity index (χ1v) is 10.5. The van der Waals surface area contributed by atoms with Crippen LogP contribution >= 0.6 is 35.0 Å². The Labute approximate surface area is 173 Å². The van der Waals surface area contributed by atoms with E-state index in [1.807, 2.05) is 12.1 Å². The molecular formula is C20H20Cl2N2O2S. The molecule has 0 atom stereocenters. The second kappa shape index (κ2) is 9.09. The van der Waals surface area contributed by atoms with Crippen molar-refractivity contribution in [2.75, 3.05) is 13.1 Å². The second-order valence-electron chi connectivity index (χ2n) is 6.60. The molecule has 0 radical (unpaired) electrons. The summed E-state index contributed by atoms with van der Waals surface area (Å²) in [5.41, 5.74) is 1.50. The van der Waals surface area contributed by atoms with E-state index in [0.717, 1.165) is 23.3 Å². The summed E-state index contributed by atoms with van der Waals surface area (Å²) in [5.74, 6) is 0.868. The Kier molecular flexibility index (Phi) is 6.79. The number of carbonyl (C=O) groups excluding carboxylic acids is 2. The van der Waals surface area contributed by atoms with Gasteiger partial charge in [-0.2, -0.15) is 0 Å². The first-order valence-electron chi connectivity index (χ1n) is 8.76. The van der Waals surface area contributed by atoms with Crippen molar-refractivity contribution in [3.05, 3.63) is 57.8 Å². The summed E-state index contributed by atoms with van der Waals surface area (Å²) < 4.78 is 0. The number of ketones is 1. The Balaban J connectivity index is 1.65. The predicted octanol–water partition coefficient (Wildman–Crippen LogP) is 5.12. The van der Waals surface area contributed by atoms with E-state index < -0.39 is 0 Å². The van der Waals surface area contributed by atoms with Crippen LogP contribution in [0, 0.1) is 5.92 Å². The molecule has 1 fully saturated rings. The first-order chi connectivity index (χ1) is 13.0. The van der Waals surface area contributed by atoms with Gasteiger partial charge in [0, 0.05) is 42.0 Å². The van der Waals surface area contributed by atoms with Crippen LogP contribution in [-0.4, -0.2) is 34.7 Å². The molecule has 1 saturated heterocycles. The number of hydrogen-bond donors (Lipinski definition) is 0. The van der Waals surface area contributed by atoms with Crippen LogP contribution in [0.1, 0.15) is 35.7 Å². The standard InChI is InChI=1S/C20H20Cl2N2O2S/c1-13(25)15-5-7-24(8-6-15)20(26)16-9-14(10-23-11-16)12-27-19-17(21)3-2-4-18(19)22/h2-4,9-11,15H,5-8,12H2,1H3. The molecule has 3 rings (SSSR count). The van der Waals surface area contributed by atoms with Crippen molar-refractivity contribution in [2.45, 2.75) is 30.4 Å². The van der Waals surface area contributed by atoms with Crippen LogP contribution in [0.2, 0.25) is 10.0 Å². The Morgan fingerprint density at radius 3 is 2.48 bits per heavy atom. The average Bonchev–Trinajstić information content (AvgIpc) is 2.67. The highest BCUT2D eigenvalue weighted by Crippen LogP contribution is 2.35. The minimum atomic E-state index is -0.0351. The second-order valence-corrected chi connectivity index (χ2v) is 8.40. The number of amides is 1. The largest absolute Gasteiger partial charge is 0.339 e. The van der Waals surface area contributed by atoms with Gasteiger partial charge in [-0.15, -0.1) is 11.8 Å². The van der Waals surface area contributed by atoms with Gasteiger partial charge in [0.05, 0.1) is 15.6 Å². The van der Waals surface area contributed by atoms with E-state index in [0.29, 0.717) is 34.5 Å². The summed E-state index contributed by atoms with van der Waals surface area (Å²) in [6.07, 6.45) is 4.80. The van der Waals surface area contributed by atoms with Crippen molar-refractivity contribution < 1.29 is 9.59 Å². The Bertz CT molecular complexity index is 831. The van der Waals surface area contributed by atoms with Crippen LogP contribution in [0.15, 0.2) is 41.6 Å². The van der Waals surface area contributed by atoms with Crippen LogP contribution in [0.3, 0.4) is 0 Å². The van der Waals surface area contributed by atoms with Gasteiger partial charge < -0.3 is 4.90 Å². The minimum Gasteiger partial charge on any atom is -0.339 e. The molecule has 0 saturated carbocycles. The van der Waals surface area contributed by atoms with Crippen LogP contribution in [0.25, 0.3) is 0 Å². The lowest BCUT2D eigenvalue weighted by molar-refractivity contribution is -0.121. The Morgan fingerprint density at radius 2 is 1.85 bits per heavy atom. The average molecular weight is 423 g/mol.